The fourth-order valence-electron chi connectivity index (χ4n) is 1.80. The highest BCUT2D eigenvalue weighted by Gasteiger charge is 2.34. The van der Waals surface area contributed by atoms with Crippen LogP contribution in [-0.2, 0) is 14.3 Å². The summed E-state index contributed by atoms with van der Waals surface area (Å²) in [4.78, 5) is 22.4. The number of aliphatic carboxylic acids is 1. The van der Waals surface area contributed by atoms with Crippen LogP contribution in [-0.4, -0.2) is 42.3 Å². The van der Waals surface area contributed by atoms with Crippen molar-refractivity contribution in [2.75, 3.05) is 13.2 Å². The number of hydrogen-bond donors (Lipinski definition) is 3. The molecule has 0 radical (unpaired) electrons. The van der Waals surface area contributed by atoms with Gasteiger partial charge in [-0.25, -0.2) is 0 Å². The zero-order valence-electron chi connectivity index (χ0n) is 10.0. The molecule has 4 N–H and O–H groups in total. The summed E-state index contributed by atoms with van der Waals surface area (Å²) in [5, 5.41) is 11.6. The minimum Gasteiger partial charge on any atom is -0.481 e. The number of hydrogen-bond acceptors (Lipinski definition) is 4. The smallest absolute Gasteiger partial charge is 0.311 e. The number of nitrogens with two attached hydrogens (primary N) is 1. The monoisotopic (exact) mass is 244 g/mol. The normalized spacial score (nSPS) is 25.5. The van der Waals surface area contributed by atoms with Crippen LogP contribution in [0.1, 0.15) is 26.2 Å². The van der Waals surface area contributed by atoms with Gasteiger partial charge in [0.1, 0.15) is 5.92 Å². The van der Waals surface area contributed by atoms with Gasteiger partial charge in [0.25, 0.3) is 0 Å². The first-order valence-electron chi connectivity index (χ1n) is 5.86. The van der Waals surface area contributed by atoms with Gasteiger partial charge < -0.3 is 20.9 Å². The molecule has 0 aromatic heterocycles. The van der Waals surface area contributed by atoms with Crippen molar-refractivity contribution in [2.24, 2.45) is 11.7 Å². The lowest BCUT2D eigenvalue weighted by atomic mass is 10.0. The van der Waals surface area contributed by atoms with E-state index in [0.29, 0.717) is 6.42 Å². The number of amides is 1. The quantitative estimate of drug-likeness (QED) is 0.596. The third-order valence-corrected chi connectivity index (χ3v) is 2.81. The summed E-state index contributed by atoms with van der Waals surface area (Å²) in [6.07, 6.45) is 1.89. The van der Waals surface area contributed by atoms with Crippen molar-refractivity contribution in [1.82, 2.24) is 5.32 Å². The SMILES string of the molecule is CC(N)CCCC(=O)NC1COCC1C(=O)O. The van der Waals surface area contributed by atoms with Gasteiger partial charge in [-0.1, -0.05) is 0 Å². The van der Waals surface area contributed by atoms with E-state index in [0.717, 1.165) is 12.8 Å². The van der Waals surface area contributed by atoms with Gasteiger partial charge in [0.15, 0.2) is 0 Å². The molecule has 6 heteroatoms. The third-order valence-electron chi connectivity index (χ3n) is 2.81. The molecule has 6 nitrogen and oxygen atoms in total. The lowest BCUT2D eigenvalue weighted by Crippen LogP contribution is -2.42. The molecular formula is C11H20N2O4. The van der Waals surface area contributed by atoms with Gasteiger partial charge in [0.05, 0.1) is 19.3 Å². The molecule has 0 saturated carbocycles. The number of ether oxygens (including phenoxy) is 1. The van der Waals surface area contributed by atoms with Crippen LogP contribution in [0.15, 0.2) is 0 Å². The van der Waals surface area contributed by atoms with E-state index in [1.54, 1.807) is 0 Å². The number of carbonyl (C=O) groups excluding carboxylic acids is 1. The van der Waals surface area contributed by atoms with Crippen LogP contribution in [0.2, 0.25) is 0 Å². The Bertz CT molecular complexity index is 281. The molecule has 3 atom stereocenters. The van der Waals surface area contributed by atoms with Crippen LogP contribution < -0.4 is 11.1 Å². The summed E-state index contributed by atoms with van der Waals surface area (Å²) in [7, 11) is 0. The van der Waals surface area contributed by atoms with Crippen LogP contribution in [0.25, 0.3) is 0 Å². The second-order valence-electron chi connectivity index (χ2n) is 4.53. The molecule has 1 fully saturated rings. The van der Waals surface area contributed by atoms with Gasteiger partial charge >= 0.3 is 5.97 Å². The Morgan fingerprint density at radius 2 is 2.24 bits per heavy atom. The van der Waals surface area contributed by atoms with E-state index >= 15 is 0 Å². The fraction of sp³-hybridized carbons (Fsp3) is 0.818. The summed E-state index contributed by atoms with van der Waals surface area (Å²) in [6.45, 7) is 2.33. The number of carbonyl (C=O) groups is 2. The highest BCUT2D eigenvalue weighted by atomic mass is 16.5. The average Bonchev–Trinajstić information content (AvgIpc) is 2.65. The highest BCUT2D eigenvalue weighted by Crippen LogP contribution is 2.14. The van der Waals surface area contributed by atoms with Gasteiger partial charge in [0, 0.05) is 12.5 Å². The topological polar surface area (TPSA) is 102 Å². The van der Waals surface area contributed by atoms with E-state index in [4.69, 9.17) is 15.6 Å². The van der Waals surface area contributed by atoms with Crippen molar-refractivity contribution in [3.05, 3.63) is 0 Å². The van der Waals surface area contributed by atoms with Crippen LogP contribution in [0.3, 0.4) is 0 Å². The van der Waals surface area contributed by atoms with E-state index in [1.165, 1.54) is 0 Å². The van der Waals surface area contributed by atoms with Crippen molar-refractivity contribution >= 4 is 11.9 Å². The van der Waals surface area contributed by atoms with Gasteiger partial charge in [-0.05, 0) is 19.8 Å². The molecule has 0 bridgehead atoms. The number of nitrogens with one attached hydrogen (secondary N) is 1. The number of carboxylic acids is 1. The Morgan fingerprint density at radius 1 is 1.53 bits per heavy atom. The Hall–Kier alpha value is -1.14. The third kappa shape index (κ3) is 4.70. The predicted molar refractivity (Wildman–Crippen MR) is 61.4 cm³/mol. The summed E-state index contributed by atoms with van der Waals surface area (Å²) in [5.74, 6) is -1.69. The molecule has 0 spiro atoms. The molecule has 0 aliphatic carbocycles. The molecule has 1 saturated heterocycles. The predicted octanol–water partition coefficient (Wildman–Crippen LogP) is -0.280. The fourth-order valence-corrected chi connectivity index (χ4v) is 1.80. The van der Waals surface area contributed by atoms with E-state index < -0.39 is 17.9 Å². The first-order valence-corrected chi connectivity index (χ1v) is 5.86. The molecule has 17 heavy (non-hydrogen) atoms. The number of rotatable bonds is 6. The molecule has 1 aliphatic rings. The van der Waals surface area contributed by atoms with Crippen molar-refractivity contribution in [3.63, 3.8) is 0 Å². The second kappa shape index (κ2) is 6.56. The maximum Gasteiger partial charge on any atom is 0.311 e. The minimum absolute atomic E-state index is 0.0874. The molecule has 1 rings (SSSR count). The molecule has 1 heterocycles. The summed E-state index contributed by atoms with van der Waals surface area (Å²) in [6, 6.07) is -0.320. The first-order chi connectivity index (χ1) is 8.00. The van der Waals surface area contributed by atoms with Crippen molar-refractivity contribution in [3.8, 4) is 0 Å². The Balaban J connectivity index is 2.28. The molecule has 0 aromatic rings. The highest BCUT2D eigenvalue weighted by molar-refractivity contribution is 5.78. The molecular weight excluding hydrogens is 224 g/mol. The minimum atomic E-state index is -0.927. The van der Waals surface area contributed by atoms with E-state index in [-0.39, 0.29) is 25.2 Å². The summed E-state index contributed by atoms with van der Waals surface area (Å²) < 4.78 is 5.06. The average molecular weight is 244 g/mol. The van der Waals surface area contributed by atoms with Crippen LogP contribution in [0, 0.1) is 5.92 Å². The van der Waals surface area contributed by atoms with Crippen molar-refractivity contribution < 1.29 is 19.4 Å². The van der Waals surface area contributed by atoms with Crippen LogP contribution >= 0.6 is 0 Å². The van der Waals surface area contributed by atoms with E-state index in [1.807, 2.05) is 6.92 Å². The first kappa shape index (κ1) is 13.9. The standard InChI is InChI=1S/C11H20N2O4/c1-7(12)3-2-4-10(14)13-9-6-17-5-8(9)11(15)16/h7-9H,2-6,12H2,1H3,(H,13,14)(H,15,16). The largest absolute Gasteiger partial charge is 0.481 e. The molecule has 1 amide bonds. The lowest BCUT2D eigenvalue weighted by Gasteiger charge is -2.15. The molecule has 1 aliphatic heterocycles. The van der Waals surface area contributed by atoms with E-state index in [9.17, 15) is 9.59 Å². The van der Waals surface area contributed by atoms with Crippen LogP contribution in [0.4, 0.5) is 0 Å². The Kier molecular flexibility index (Phi) is 5.37. The van der Waals surface area contributed by atoms with E-state index in [2.05, 4.69) is 5.32 Å². The van der Waals surface area contributed by atoms with Crippen LogP contribution in [0.5, 0.6) is 0 Å². The molecule has 98 valence electrons. The van der Waals surface area contributed by atoms with Gasteiger partial charge in [-0.2, -0.15) is 0 Å². The maximum atomic E-state index is 11.5. The van der Waals surface area contributed by atoms with Crippen molar-refractivity contribution in [2.45, 2.75) is 38.3 Å². The second-order valence-corrected chi connectivity index (χ2v) is 4.53. The number of carboxylic acid groups (broad SMARTS) is 1. The zero-order chi connectivity index (χ0) is 12.8. The molecule has 3 unspecified atom stereocenters. The molecule has 0 aromatic carbocycles. The lowest BCUT2D eigenvalue weighted by molar-refractivity contribution is -0.142. The van der Waals surface area contributed by atoms with Crippen molar-refractivity contribution in [1.29, 1.82) is 0 Å². The zero-order valence-corrected chi connectivity index (χ0v) is 10.0. The Labute approximate surface area is 101 Å². The van der Waals surface area contributed by atoms with Gasteiger partial charge in [-0.15, -0.1) is 0 Å². The summed E-state index contributed by atoms with van der Waals surface area (Å²) in [5.41, 5.74) is 5.57. The van der Waals surface area contributed by atoms with Gasteiger partial charge in [0.2, 0.25) is 5.91 Å². The Morgan fingerprint density at radius 3 is 2.82 bits per heavy atom. The van der Waals surface area contributed by atoms with Gasteiger partial charge in [-0.3, -0.25) is 9.59 Å². The summed E-state index contributed by atoms with van der Waals surface area (Å²) >= 11 is 0. The maximum absolute atomic E-state index is 11.5.